The molecule has 3 rings (SSSR count). The fraction of sp³-hybridized carbons (Fsp3) is 0.0909. The Hall–Kier alpha value is -1.39. The van der Waals surface area contributed by atoms with E-state index in [1.54, 1.807) is 22.6 Å². The number of rotatable bonds is 0. The average Bonchev–Trinajstić information content (AvgIpc) is 2.59. The third-order valence-corrected chi connectivity index (χ3v) is 3.53. The van der Waals surface area contributed by atoms with Crippen LogP contribution in [0.1, 0.15) is 4.88 Å². The third kappa shape index (κ3) is 1.34. The first-order valence-corrected chi connectivity index (χ1v) is 5.93. The lowest BCUT2D eigenvalue weighted by molar-refractivity contribution is 1.11. The van der Waals surface area contributed by atoms with Crippen molar-refractivity contribution in [2.45, 2.75) is 6.92 Å². The highest BCUT2D eigenvalue weighted by Gasteiger charge is 2.07. The van der Waals surface area contributed by atoms with Gasteiger partial charge in [-0.25, -0.2) is 4.98 Å². The van der Waals surface area contributed by atoms with Crippen LogP contribution in [-0.2, 0) is 0 Å². The Morgan fingerprint density at radius 2 is 2.25 bits per heavy atom. The van der Waals surface area contributed by atoms with Gasteiger partial charge in [0, 0.05) is 16.1 Å². The molecule has 0 spiro atoms. The Bertz CT molecular complexity index is 760. The van der Waals surface area contributed by atoms with Crippen molar-refractivity contribution in [1.29, 1.82) is 0 Å². The predicted molar refractivity (Wildman–Crippen MR) is 66.6 cm³/mol. The quantitative estimate of drug-likeness (QED) is 0.615. The summed E-state index contributed by atoms with van der Waals surface area (Å²) in [5, 5.41) is 1.19. The summed E-state index contributed by atoms with van der Waals surface area (Å²) in [5.41, 5.74) is 0.611. The largest absolute Gasteiger partial charge is 0.268 e. The fourth-order valence-electron chi connectivity index (χ4n) is 1.69. The number of thiazole rings is 1. The van der Waals surface area contributed by atoms with E-state index in [0.29, 0.717) is 20.9 Å². The van der Waals surface area contributed by atoms with Gasteiger partial charge in [-0.2, -0.15) is 0 Å². The van der Waals surface area contributed by atoms with Gasteiger partial charge >= 0.3 is 0 Å². The number of halogens is 1. The molecule has 0 radical (unpaired) electrons. The minimum atomic E-state index is -0.0407. The highest BCUT2D eigenvalue weighted by atomic mass is 35.5. The van der Waals surface area contributed by atoms with Crippen molar-refractivity contribution in [3.05, 3.63) is 44.6 Å². The number of hydrogen-bond acceptors (Lipinski definition) is 3. The van der Waals surface area contributed by atoms with E-state index in [2.05, 4.69) is 4.98 Å². The second-order valence-electron chi connectivity index (χ2n) is 3.57. The first-order valence-electron chi connectivity index (χ1n) is 4.73. The van der Waals surface area contributed by atoms with Gasteiger partial charge in [0.15, 0.2) is 4.96 Å². The molecular formula is C11H7ClN2OS. The smallest absolute Gasteiger partial charge is 0.266 e. The molecule has 5 heteroatoms. The summed E-state index contributed by atoms with van der Waals surface area (Å²) >= 11 is 7.38. The first-order chi connectivity index (χ1) is 7.65. The molecule has 16 heavy (non-hydrogen) atoms. The molecule has 80 valence electrons. The minimum Gasteiger partial charge on any atom is -0.268 e. The van der Waals surface area contributed by atoms with E-state index in [0.717, 1.165) is 4.88 Å². The molecule has 0 saturated heterocycles. The van der Waals surface area contributed by atoms with Crippen LogP contribution in [0.15, 0.2) is 29.2 Å². The molecule has 0 fully saturated rings. The summed E-state index contributed by atoms with van der Waals surface area (Å²) in [4.78, 5) is 18.3. The van der Waals surface area contributed by atoms with Crippen molar-refractivity contribution in [3.8, 4) is 0 Å². The maximum atomic E-state index is 12.1. The summed E-state index contributed by atoms with van der Waals surface area (Å²) in [6.07, 6.45) is 1.81. The zero-order valence-corrected chi connectivity index (χ0v) is 9.97. The summed E-state index contributed by atoms with van der Waals surface area (Å²) in [6, 6.07) is 5.14. The van der Waals surface area contributed by atoms with E-state index in [1.807, 2.05) is 13.1 Å². The summed E-state index contributed by atoms with van der Waals surface area (Å²) < 4.78 is 1.58. The van der Waals surface area contributed by atoms with Gasteiger partial charge < -0.3 is 0 Å². The van der Waals surface area contributed by atoms with Crippen LogP contribution in [0.2, 0.25) is 5.02 Å². The second-order valence-corrected chi connectivity index (χ2v) is 5.22. The lowest BCUT2D eigenvalue weighted by atomic mass is 10.2. The molecule has 0 atom stereocenters. The van der Waals surface area contributed by atoms with Crippen molar-refractivity contribution in [1.82, 2.24) is 9.38 Å². The maximum Gasteiger partial charge on any atom is 0.266 e. The van der Waals surface area contributed by atoms with Gasteiger partial charge in [-0.05, 0) is 25.1 Å². The van der Waals surface area contributed by atoms with Gasteiger partial charge in [0.1, 0.15) is 0 Å². The number of hydrogen-bond donors (Lipinski definition) is 0. The van der Waals surface area contributed by atoms with Crippen LogP contribution in [0.4, 0.5) is 0 Å². The Morgan fingerprint density at radius 3 is 3.06 bits per heavy atom. The van der Waals surface area contributed by atoms with Gasteiger partial charge in [0.25, 0.3) is 5.56 Å². The maximum absolute atomic E-state index is 12.1. The number of fused-ring (bicyclic) bond motifs is 2. The Kier molecular flexibility index (Phi) is 2.02. The molecule has 1 aromatic carbocycles. The molecular weight excluding hydrogens is 244 g/mol. The van der Waals surface area contributed by atoms with Crippen molar-refractivity contribution < 1.29 is 0 Å². The molecule has 3 nitrogen and oxygen atoms in total. The Labute approximate surface area is 99.9 Å². The van der Waals surface area contributed by atoms with Gasteiger partial charge in [-0.15, -0.1) is 11.3 Å². The number of aromatic nitrogens is 2. The van der Waals surface area contributed by atoms with Crippen molar-refractivity contribution in [2.24, 2.45) is 0 Å². The fourth-order valence-corrected chi connectivity index (χ4v) is 2.68. The first kappa shape index (κ1) is 9.81. The van der Waals surface area contributed by atoms with Crippen molar-refractivity contribution in [3.63, 3.8) is 0 Å². The standard InChI is InChI=1S/C11H7ClN2OS/c1-6-5-14-10(15)8-3-2-7(12)4-9(8)13-11(14)16-6/h2-5H,1H3. The molecule has 0 N–H and O–H groups in total. The SMILES string of the molecule is Cc1cn2c(=O)c3ccc(Cl)cc3nc2s1. The van der Waals surface area contributed by atoms with E-state index in [9.17, 15) is 4.79 Å². The zero-order valence-electron chi connectivity index (χ0n) is 8.40. The molecule has 2 aromatic heterocycles. The van der Waals surface area contributed by atoms with Crippen LogP contribution >= 0.6 is 22.9 Å². The lowest BCUT2D eigenvalue weighted by Crippen LogP contribution is -2.12. The van der Waals surface area contributed by atoms with Gasteiger partial charge in [-0.1, -0.05) is 11.6 Å². The summed E-state index contributed by atoms with van der Waals surface area (Å²) in [6.45, 7) is 1.95. The van der Waals surface area contributed by atoms with Crippen LogP contribution in [0.3, 0.4) is 0 Å². The van der Waals surface area contributed by atoms with E-state index in [-0.39, 0.29) is 5.56 Å². The number of benzene rings is 1. The van der Waals surface area contributed by atoms with Crippen molar-refractivity contribution >= 4 is 38.8 Å². The van der Waals surface area contributed by atoms with E-state index in [4.69, 9.17) is 11.6 Å². The topological polar surface area (TPSA) is 34.4 Å². The van der Waals surface area contributed by atoms with Gasteiger partial charge in [-0.3, -0.25) is 9.20 Å². The minimum absolute atomic E-state index is 0.0407. The molecule has 0 unspecified atom stereocenters. The normalized spacial score (nSPS) is 11.4. The van der Waals surface area contributed by atoms with E-state index < -0.39 is 0 Å². The molecule has 3 aromatic rings. The van der Waals surface area contributed by atoms with Crippen LogP contribution in [0, 0.1) is 6.92 Å². The van der Waals surface area contributed by atoms with Crippen LogP contribution in [-0.4, -0.2) is 9.38 Å². The molecule has 0 amide bonds. The van der Waals surface area contributed by atoms with E-state index >= 15 is 0 Å². The molecule has 0 saturated carbocycles. The number of nitrogens with zero attached hydrogens (tertiary/aromatic N) is 2. The predicted octanol–water partition coefficient (Wildman–Crippen LogP) is 2.87. The Morgan fingerprint density at radius 1 is 1.44 bits per heavy atom. The van der Waals surface area contributed by atoms with Crippen LogP contribution < -0.4 is 5.56 Å². The monoisotopic (exact) mass is 250 g/mol. The number of aryl methyl sites for hydroxylation is 1. The van der Waals surface area contributed by atoms with Gasteiger partial charge in [0.2, 0.25) is 0 Å². The lowest BCUT2D eigenvalue weighted by Gasteiger charge is -1.98. The van der Waals surface area contributed by atoms with Crippen molar-refractivity contribution in [2.75, 3.05) is 0 Å². The molecule has 0 aliphatic heterocycles. The molecule has 2 heterocycles. The highest BCUT2D eigenvalue weighted by molar-refractivity contribution is 7.17. The molecule has 0 bridgehead atoms. The van der Waals surface area contributed by atoms with Crippen LogP contribution in [0.25, 0.3) is 15.9 Å². The summed E-state index contributed by atoms with van der Waals surface area (Å²) in [7, 11) is 0. The summed E-state index contributed by atoms with van der Waals surface area (Å²) in [5.74, 6) is 0. The zero-order chi connectivity index (χ0) is 11.3. The second kappa shape index (κ2) is 3.30. The Balaban J connectivity index is 2.60. The van der Waals surface area contributed by atoms with Crippen LogP contribution in [0.5, 0.6) is 0 Å². The highest BCUT2D eigenvalue weighted by Crippen LogP contribution is 2.19. The van der Waals surface area contributed by atoms with Gasteiger partial charge in [0.05, 0.1) is 10.9 Å². The molecule has 0 aliphatic rings. The average molecular weight is 251 g/mol. The third-order valence-electron chi connectivity index (χ3n) is 2.39. The molecule has 0 aliphatic carbocycles. The van der Waals surface area contributed by atoms with E-state index in [1.165, 1.54) is 11.3 Å².